The van der Waals surface area contributed by atoms with Gasteiger partial charge in [-0.05, 0) is 12.0 Å². The maximum Gasteiger partial charge on any atom is 0.407 e. The second-order valence-corrected chi connectivity index (χ2v) is 4.33. The molecule has 1 saturated heterocycles. The van der Waals surface area contributed by atoms with Crippen molar-refractivity contribution < 1.29 is 14.7 Å². The van der Waals surface area contributed by atoms with Crippen LogP contribution in [0, 0.1) is 5.92 Å². The predicted molar refractivity (Wildman–Crippen MR) is 62.9 cm³/mol. The molecular formula is C13H15NO3. The SMILES string of the molecule is O=C1CCN(C(=O)O)CC1Cc1ccccc1. The minimum absolute atomic E-state index is 0.173. The molecule has 90 valence electrons. The topological polar surface area (TPSA) is 57.6 Å². The van der Waals surface area contributed by atoms with Crippen molar-refractivity contribution in [2.75, 3.05) is 13.1 Å². The minimum atomic E-state index is -0.935. The van der Waals surface area contributed by atoms with Crippen LogP contribution in [-0.4, -0.2) is 35.0 Å². The third kappa shape index (κ3) is 2.84. The molecule has 0 aliphatic carbocycles. The first-order valence-corrected chi connectivity index (χ1v) is 5.71. The summed E-state index contributed by atoms with van der Waals surface area (Å²) in [4.78, 5) is 23.9. The van der Waals surface area contributed by atoms with Gasteiger partial charge in [-0.15, -0.1) is 0 Å². The molecule has 2 rings (SSSR count). The molecule has 1 fully saturated rings. The van der Waals surface area contributed by atoms with Crippen molar-refractivity contribution in [1.29, 1.82) is 0 Å². The van der Waals surface area contributed by atoms with Crippen molar-refractivity contribution in [2.24, 2.45) is 5.92 Å². The van der Waals surface area contributed by atoms with E-state index in [0.717, 1.165) is 5.56 Å². The Morgan fingerprint density at radius 3 is 2.71 bits per heavy atom. The highest BCUT2D eigenvalue weighted by Gasteiger charge is 2.29. The monoisotopic (exact) mass is 233 g/mol. The van der Waals surface area contributed by atoms with Gasteiger partial charge in [0.15, 0.2) is 0 Å². The number of hydrogen-bond acceptors (Lipinski definition) is 2. The third-order valence-electron chi connectivity index (χ3n) is 3.12. The molecule has 4 nitrogen and oxygen atoms in total. The number of carbonyl (C=O) groups excluding carboxylic acids is 1. The number of ketones is 1. The molecule has 1 aliphatic heterocycles. The molecule has 1 aliphatic rings. The van der Waals surface area contributed by atoms with Crippen LogP contribution in [0.25, 0.3) is 0 Å². The fourth-order valence-electron chi connectivity index (χ4n) is 2.16. The van der Waals surface area contributed by atoms with Gasteiger partial charge >= 0.3 is 6.09 Å². The molecule has 0 saturated carbocycles. The Bertz CT molecular complexity index is 416. The highest BCUT2D eigenvalue weighted by atomic mass is 16.4. The van der Waals surface area contributed by atoms with Crippen LogP contribution >= 0.6 is 0 Å². The third-order valence-corrected chi connectivity index (χ3v) is 3.12. The van der Waals surface area contributed by atoms with Gasteiger partial charge in [0.25, 0.3) is 0 Å². The van der Waals surface area contributed by atoms with E-state index in [2.05, 4.69) is 0 Å². The van der Waals surface area contributed by atoms with Gasteiger partial charge < -0.3 is 10.0 Å². The maximum atomic E-state index is 11.7. The lowest BCUT2D eigenvalue weighted by molar-refractivity contribution is -0.125. The van der Waals surface area contributed by atoms with E-state index in [4.69, 9.17) is 5.11 Å². The zero-order valence-corrected chi connectivity index (χ0v) is 9.50. The minimum Gasteiger partial charge on any atom is -0.465 e. The summed E-state index contributed by atoms with van der Waals surface area (Å²) in [6.07, 6.45) is 0.0309. The van der Waals surface area contributed by atoms with Gasteiger partial charge in [-0.1, -0.05) is 30.3 Å². The van der Waals surface area contributed by atoms with Gasteiger partial charge in [0.2, 0.25) is 0 Å². The van der Waals surface area contributed by atoms with E-state index in [1.54, 1.807) is 0 Å². The Labute approximate surface area is 99.9 Å². The summed E-state index contributed by atoms with van der Waals surface area (Å²) in [6.45, 7) is 0.655. The Balaban J connectivity index is 2.04. The number of likely N-dealkylation sites (tertiary alicyclic amines) is 1. The molecule has 1 amide bonds. The molecule has 1 heterocycles. The quantitative estimate of drug-likeness (QED) is 0.847. The van der Waals surface area contributed by atoms with E-state index in [-0.39, 0.29) is 11.7 Å². The average Bonchev–Trinajstić information content (AvgIpc) is 2.33. The highest BCUT2D eigenvalue weighted by molar-refractivity contribution is 5.84. The lowest BCUT2D eigenvalue weighted by Gasteiger charge is -2.29. The van der Waals surface area contributed by atoms with Gasteiger partial charge in [-0.2, -0.15) is 0 Å². The molecule has 17 heavy (non-hydrogen) atoms. The molecule has 0 spiro atoms. The number of benzene rings is 1. The summed E-state index contributed by atoms with van der Waals surface area (Å²) in [5.41, 5.74) is 1.08. The highest BCUT2D eigenvalue weighted by Crippen LogP contribution is 2.18. The molecule has 1 N–H and O–H groups in total. The number of Topliss-reactive ketones (excluding diaryl/α,β-unsaturated/α-hetero) is 1. The number of amides is 1. The first-order valence-electron chi connectivity index (χ1n) is 5.71. The van der Waals surface area contributed by atoms with Crippen LogP contribution in [-0.2, 0) is 11.2 Å². The van der Waals surface area contributed by atoms with Gasteiger partial charge in [0, 0.05) is 25.4 Å². The summed E-state index contributed by atoms with van der Waals surface area (Å²) >= 11 is 0. The molecule has 0 aromatic heterocycles. The Morgan fingerprint density at radius 1 is 1.35 bits per heavy atom. The summed E-state index contributed by atoms with van der Waals surface area (Å²) < 4.78 is 0. The van der Waals surface area contributed by atoms with Crippen LogP contribution in [0.3, 0.4) is 0 Å². The summed E-state index contributed by atoms with van der Waals surface area (Å²) in [6, 6.07) is 9.71. The first-order chi connectivity index (χ1) is 8.16. The zero-order valence-electron chi connectivity index (χ0n) is 9.50. The normalized spacial score (nSPS) is 20.4. The second kappa shape index (κ2) is 4.99. The van der Waals surface area contributed by atoms with E-state index < -0.39 is 6.09 Å². The second-order valence-electron chi connectivity index (χ2n) is 4.33. The van der Waals surface area contributed by atoms with Gasteiger partial charge in [0.05, 0.1) is 0 Å². The van der Waals surface area contributed by atoms with E-state index in [0.29, 0.717) is 25.9 Å². The summed E-state index contributed by atoms with van der Waals surface area (Å²) in [5.74, 6) is -0.0198. The molecule has 1 unspecified atom stereocenters. The van der Waals surface area contributed by atoms with Crippen molar-refractivity contribution in [1.82, 2.24) is 4.90 Å². The predicted octanol–water partition coefficient (Wildman–Crippen LogP) is 1.80. The number of piperidine rings is 1. The lowest BCUT2D eigenvalue weighted by atomic mass is 9.90. The number of nitrogens with zero attached hydrogens (tertiary/aromatic N) is 1. The number of carbonyl (C=O) groups is 2. The van der Waals surface area contributed by atoms with E-state index >= 15 is 0 Å². The number of carboxylic acid groups (broad SMARTS) is 1. The van der Waals surface area contributed by atoms with Crippen LogP contribution in [0.5, 0.6) is 0 Å². The first kappa shape index (κ1) is 11.6. The van der Waals surface area contributed by atoms with Crippen LogP contribution < -0.4 is 0 Å². The van der Waals surface area contributed by atoms with Crippen LogP contribution in [0.2, 0.25) is 0 Å². The largest absolute Gasteiger partial charge is 0.465 e. The fraction of sp³-hybridized carbons (Fsp3) is 0.385. The summed E-state index contributed by atoms with van der Waals surface area (Å²) in [7, 11) is 0. The standard InChI is InChI=1S/C13H15NO3/c15-12-6-7-14(13(16)17)9-11(12)8-10-4-2-1-3-5-10/h1-5,11H,6-9H2,(H,16,17). The van der Waals surface area contributed by atoms with Gasteiger partial charge in [-0.25, -0.2) is 4.79 Å². The van der Waals surface area contributed by atoms with Crippen molar-refractivity contribution in [3.8, 4) is 0 Å². The van der Waals surface area contributed by atoms with Crippen LogP contribution in [0.1, 0.15) is 12.0 Å². The Morgan fingerprint density at radius 2 is 2.06 bits per heavy atom. The van der Waals surface area contributed by atoms with Crippen LogP contribution in [0.15, 0.2) is 30.3 Å². The molecule has 0 radical (unpaired) electrons. The van der Waals surface area contributed by atoms with Crippen molar-refractivity contribution in [3.63, 3.8) is 0 Å². The smallest absolute Gasteiger partial charge is 0.407 e. The Hall–Kier alpha value is -1.84. The summed E-state index contributed by atoms with van der Waals surface area (Å²) in [5, 5.41) is 8.92. The van der Waals surface area contributed by atoms with E-state index in [1.807, 2.05) is 30.3 Å². The molecular weight excluding hydrogens is 218 g/mol. The van der Waals surface area contributed by atoms with Crippen molar-refractivity contribution >= 4 is 11.9 Å². The number of rotatable bonds is 2. The van der Waals surface area contributed by atoms with Gasteiger partial charge in [-0.3, -0.25) is 4.79 Å². The van der Waals surface area contributed by atoms with E-state index in [9.17, 15) is 9.59 Å². The maximum absolute atomic E-state index is 11.7. The average molecular weight is 233 g/mol. The fourth-order valence-corrected chi connectivity index (χ4v) is 2.16. The molecule has 1 atom stereocenters. The molecule has 0 bridgehead atoms. The van der Waals surface area contributed by atoms with Crippen LogP contribution in [0.4, 0.5) is 4.79 Å². The van der Waals surface area contributed by atoms with Gasteiger partial charge in [0.1, 0.15) is 5.78 Å². The number of hydrogen-bond donors (Lipinski definition) is 1. The lowest BCUT2D eigenvalue weighted by Crippen LogP contribution is -2.44. The van der Waals surface area contributed by atoms with Crippen molar-refractivity contribution in [3.05, 3.63) is 35.9 Å². The van der Waals surface area contributed by atoms with E-state index in [1.165, 1.54) is 4.90 Å². The molecule has 1 aromatic carbocycles. The Kier molecular flexibility index (Phi) is 3.42. The molecule has 1 aromatic rings. The zero-order chi connectivity index (χ0) is 12.3. The van der Waals surface area contributed by atoms with Crippen molar-refractivity contribution in [2.45, 2.75) is 12.8 Å². The molecule has 4 heteroatoms.